The van der Waals surface area contributed by atoms with E-state index in [1.54, 1.807) is 42.2 Å². The van der Waals surface area contributed by atoms with Gasteiger partial charge in [0.05, 0.1) is 5.56 Å². The summed E-state index contributed by atoms with van der Waals surface area (Å²) in [4.78, 5) is 29.8. The van der Waals surface area contributed by atoms with Gasteiger partial charge in [0, 0.05) is 56.8 Å². The summed E-state index contributed by atoms with van der Waals surface area (Å²) in [7, 11) is 3.79. The number of fused-ring (bicyclic) bond motifs is 1. The van der Waals surface area contributed by atoms with Crippen LogP contribution in [0.15, 0.2) is 55.1 Å². The Morgan fingerprint density at radius 3 is 2.35 bits per heavy atom. The lowest BCUT2D eigenvalue weighted by Crippen LogP contribution is -2.45. The summed E-state index contributed by atoms with van der Waals surface area (Å²) in [6.45, 7) is 4.03. The van der Waals surface area contributed by atoms with Crippen molar-refractivity contribution in [1.29, 1.82) is 0 Å². The fraction of sp³-hybridized carbons (Fsp3) is 0.333. The fourth-order valence-corrected chi connectivity index (χ4v) is 4.69. The van der Waals surface area contributed by atoms with E-state index in [0.29, 0.717) is 29.2 Å². The minimum atomic E-state index is -4.53. The van der Waals surface area contributed by atoms with Crippen molar-refractivity contribution in [2.45, 2.75) is 12.6 Å². The molecule has 1 saturated heterocycles. The zero-order valence-corrected chi connectivity index (χ0v) is 22.2. The lowest BCUT2D eigenvalue weighted by molar-refractivity contribution is -0.138. The van der Waals surface area contributed by atoms with Gasteiger partial charge >= 0.3 is 12.2 Å². The number of piperazine rings is 1. The highest BCUT2D eigenvalue weighted by molar-refractivity contribution is 5.99. The number of carbonyl (C=O) groups is 1. The number of benzene rings is 2. The Balaban J connectivity index is 1.23. The number of rotatable bonds is 7. The molecule has 3 heterocycles. The summed E-state index contributed by atoms with van der Waals surface area (Å²) in [6, 6.07) is 10.2. The lowest BCUT2D eigenvalue weighted by Gasteiger charge is -2.32. The van der Waals surface area contributed by atoms with E-state index in [-0.39, 0.29) is 17.7 Å². The molecule has 13 heteroatoms. The Kier molecular flexibility index (Phi) is 7.85. The number of hydrogen-bond acceptors (Lipinski definition) is 7. The van der Waals surface area contributed by atoms with E-state index in [1.165, 1.54) is 18.5 Å². The number of amides is 2. The SMILES string of the molecule is CNc1ncnc2c1ncn2-c1ccc(NC(=O)Nc2ccc(CCN3CCN(C)CC3)c(C(F)(F)F)c2)cc1. The van der Waals surface area contributed by atoms with Crippen LogP contribution in [0.4, 0.5) is 35.2 Å². The molecule has 1 fully saturated rings. The Bertz CT molecular complexity index is 1480. The van der Waals surface area contributed by atoms with Crippen molar-refractivity contribution < 1.29 is 18.0 Å². The third-order valence-corrected chi connectivity index (χ3v) is 6.94. The van der Waals surface area contributed by atoms with Crippen molar-refractivity contribution in [3.8, 4) is 5.69 Å². The molecule has 40 heavy (non-hydrogen) atoms. The zero-order chi connectivity index (χ0) is 28.3. The Morgan fingerprint density at radius 1 is 0.950 bits per heavy atom. The average Bonchev–Trinajstić information content (AvgIpc) is 3.37. The zero-order valence-electron chi connectivity index (χ0n) is 22.2. The molecule has 1 aliphatic heterocycles. The Morgan fingerprint density at radius 2 is 1.65 bits per heavy atom. The van der Waals surface area contributed by atoms with E-state index in [0.717, 1.165) is 37.9 Å². The smallest absolute Gasteiger partial charge is 0.371 e. The van der Waals surface area contributed by atoms with Gasteiger partial charge in [0.15, 0.2) is 17.0 Å². The number of carbonyl (C=O) groups excluding carboxylic acids is 1. The molecule has 2 amide bonds. The van der Waals surface area contributed by atoms with Crippen LogP contribution in [0.25, 0.3) is 16.9 Å². The molecule has 0 radical (unpaired) electrons. The Hall–Kier alpha value is -4.23. The number of hydrogen-bond donors (Lipinski definition) is 3. The topological polar surface area (TPSA) is 103 Å². The predicted molar refractivity (Wildman–Crippen MR) is 148 cm³/mol. The van der Waals surface area contributed by atoms with Crippen molar-refractivity contribution in [3.63, 3.8) is 0 Å². The third-order valence-electron chi connectivity index (χ3n) is 6.94. The van der Waals surface area contributed by atoms with Gasteiger partial charge in [0.1, 0.15) is 12.7 Å². The first-order valence-electron chi connectivity index (χ1n) is 12.9. The van der Waals surface area contributed by atoms with Gasteiger partial charge in [0.25, 0.3) is 0 Å². The van der Waals surface area contributed by atoms with Crippen LogP contribution in [0.5, 0.6) is 0 Å². The molecule has 5 rings (SSSR count). The number of anilines is 3. The number of imidazole rings is 1. The van der Waals surface area contributed by atoms with Crippen LogP contribution in [0.3, 0.4) is 0 Å². The van der Waals surface area contributed by atoms with Gasteiger partial charge in [-0.05, 0) is 55.4 Å². The monoisotopic (exact) mass is 553 g/mol. The molecule has 2 aromatic heterocycles. The maximum atomic E-state index is 13.9. The van der Waals surface area contributed by atoms with Gasteiger partial charge < -0.3 is 25.8 Å². The standard InChI is InChI=1S/C27H30F3N9O/c1-31-24-23-25(33-16-32-24)39(17-34-23)21-7-5-19(6-8-21)35-26(40)36-20-4-3-18(22(15-20)27(28,29)30)9-10-38-13-11-37(2)12-14-38/h3-8,15-17H,9-14H2,1-2H3,(H,31,32,33)(H2,35,36,40). The molecule has 210 valence electrons. The molecule has 3 N–H and O–H groups in total. The number of likely N-dealkylation sites (N-methyl/N-ethyl adjacent to an activating group) is 1. The van der Waals surface area contributed by atoms with Gasteiger partial charge in [-0.2, -0.15) is 13.2 Å². The molecular formula is C27H30F3N9O. The van der Waals surface area contributed by atoms with Gasteiger partial charge in [-0.25, -0.2) is 19.7 Å². The second-order valence-corrected chi connectivity index (χ2v) is 9.65. The lowest BCUT2D eigenvalue weighted by atomic mass is 10.0. The highest BCUT2D eigenvalue weighted by atomic mass is 19.4. The first kappa shape index (κ1) is 27.3. The van der Waals surface area contributed by atoms with Gasteiger partial charge in [-0.15, -0.1) is 0 Å². The molecule has 0 saturated carbocycles. The molecule has 10 nitrogen and oxygen atoms in total. The van der Waals surface area contributed by atoms with Crippen molar-refractivity contribution >= 4 is 34.4 Å². The number of halogens is 3. The van der Waals surface area contributed by atoms with Crippen molar-refractivity contribution in [3.05, 3.63) is 66.2 Å². The summed E-state index contributed by atoms with van der Waals surface area (Å²) >= 11 is 0. The number of aromatic nitrogens is 4. The van der Waals surface area contributed by atoms with Crippen molar-refractivity contribution in [2.24, 2.45) is 0 Å². The summed E-state index contributed by atoms with van der Waals surface area (Å²) in [5, 5.41) is 8.15. The fourth-order valence-electron chi connectivity index (χ4n) is 4.69. The number of nitrogens with zero attached hydrogens (tertiary/aromatic N) is 6. The minimum Gasteiger partial charge on any atom is -0.371 e. The molecule has 0 spiro atoms. The molecule has 2 aromatic carbocycles. The van der Waals surface area contributed by atoms with Crippen LogP contribution in [-0.2, 0) is 12.6 Å². The van der Waals surface area contributed by atoms with E-state index in [2.05, 4.69) is 40.7 Å². The maximum absolute atomic E-state index is 13.9. The minimum absolute atomic E-state index is 0.0645. The molecule has 4 aromatic rings. The van der Waals surface area contributed by atoms with E-state index < -0.39 is 17.8 Å². The van der Waals surface area contributed by atoms with E-state index >= 15 is 0 Å². The summed E-state index contributed by atoms with van der Waals surface area (Å²) in [5.41, 5.74) is 2.01. The quantitative estimate of drug-likeness (QED) is 0.313. The maximum Gasteiger partial charge on any atom is 0.416 e. The second-order valence-electron chi connectivity index (χ2n) is 9.65. The molecule has 0 aliphatic carbocycles. The molecule has 0 atom stereocenters. The molecule has 1 aliphatic rings. The van der Waals surface area contributed by atoms with Crippen molar-refractivity contribution in [1.82, 2.24) is 29.3 Å². The first-order valence-corrected chi connectivity index (χ1v) is 12.9. The average molecular weight is 554 g/mol. The van der Waals surface area contributed by atoms with Crippen LogP contribution in [-0.4, -0.2) is 82.2 Å². The second kappa shape index (κ2) is 11.5. The van der Waals surface area contributed by atoms with Crippen LogP contribution in [0.1, 0.15) is 11.1 Å². The van der Waals surface area contributed by atoms with Crippen LogP contribution < -0.4 is 16.0 Å². The van der Waals surface area contributed by atoms with Gasteiger partial charge in [0.2, 0.25) is 0 Å². The van der Waals surface area contributed by atoms with Gasteiger partial charge in [-0.3, -0.25) is 4.57 Å². The Labute approximate surface area is 229 Å². The van der Waals surface area contributed by atoms with E-state index in [1.807, 2.05) is 7.05 Å². The number of alkyl halides is 3. The van der Waals surface area contributed by atoms with Crippen LogP contribution in [0.2, 0.25) is 0 Å². The van der Waals surface area contributed by atoms with Crippen molar-refractivity contribution in [2.75, 3.05) is 62.8 Å². The third kappa shape index (κ3) is 6.15. The largest absolute Gasteiger partial charge is 0.416 e. The first-order chi connectivity index (χ1) is 19.2. The van der Waals surface area contributed by atoms with Crippen LogP contribution >= 0.6 is 0 Å². The number of urea groups is 1. The highest BCUT2D eigenvalue weighted by Gasteiger charge is 2.33. The molecule has 0 bridgehead atoms. The number of nitrogens with one attached hydrogen (secondary N) is 3. The van der Waals surface area contributed by atoms with E-state index in [4.69, 9.17) is 0 Å². The van der Waals surface area contributed by atoms with Gasteiger partial charge in [-0.1, -0.05) is 6.07 Å². The van der Waals surface area contributed by atoms with Crippen LogP contribution in [0, 0.1) is 0 Å². The normalized spacial score (nSPS) is 14.8. The summed E-state index contributed by atoms with van der Waals surface area (Å²) in [5.74, 6) is 0.607. The van der Waals surface area contributed by atoms with E-state index in [9.17, 15) is 18.0 Å². The summed E-state index contributed by atoms with van der Waals surface area (Å²) in [6.07, 6.45) is -1.18. The summed E-state index contributed by atoms with van der Waals surface area (Å²) < 4.78 is 43.4. The predicted octanol–water partition coefficient (Wildman–Crippen LogP) is 4.31. The molecule has 0 unspecified atom stereocenters. The molecular weight excluding hydrogens is 523 g/mol. The highest BCUT2D eigenvalue weighted by Crippen LogP contribution is 2.34.